The summed E-state index contributed by atoms with van der Waals surface area (Å²) in [4.78, 5) is 11.3. The van der Waals surface area contributed by atoms with Gasteiger partial charge in [-0.3, -0.25) is 0 Å². The van der Waals surface area contributed by atoms with E-state index in [9.17, 15) is 0 Å². The Balaban J connectivity index is 1.83. The monoisotopic (exact) mass is 365 g/mol. The van der Waals surface area contributed by atoms with Crippen LogP contribution in [0.1, 0.15) is 12.7 Å². The van der Waals surface area contributed by atoms with Crippen molar-refractivity contribution in [2.24, 2.45) is 10.7 Å². The van der Waals surface area contributed by atoms with Gasteiger partial charge in [-0.15, -0.1) is 0 Å². The quantitative estimate of drug-likeness (QED) is 0.666. The fraction of sp³-hybridized carbons (Fsp3) is 0.467. The lowest BCUT2D eigenvalue weighted by Gasteiger charge is -2.27. The van der Waals surface area contributed by atoms with Gasteiger partial charge in [0.2, 0.25) is 0 Å². The first-order valence-corrected chi connectivity index (χ1v) is 8.25. The molecule has 0 unspecified atom stereocenters. The van der Waals surface area contributed by atoms with Crippen LogP contribution in [0.2, 0.25) is 0 Å². The first kappa shape index (κ1) is 15.3. The third-order valence-corrected chi connectivity index (χ3v) is 4.32. The highest BCUT2D eigenvalue weighted by Crippen LogP contribution is 2.21. The molecule has 1 fully saturated rings. The van der Waals surface area contributed by atoms with Gasteiger partial charge >= 0.3 is 0 Å². The number of aryl methyl sites for hydroxylation is 1. The number of halogens is 1. The minimum atomic E-state index is 0.489. The summed E-state index contributed by atoms with van der Waals surface area (Å²) in [5.41, 5.74) is 8.19. The first-order valence-electron chi connectivity index (χ1n) is 7.46. The molecule has 1 aromatic heterocycles. The summed E-state index contributed by atoms with van der Waals surface area (Å²) in [5, 5.41) is 0. The maximum atomic E-state index is 6.08. The van der Waals surface area contributed by atoms with Crippen LogP contribution in [0.25, 0.3) is 11.0 Å². The molecule has 0 amide bonds. The van der Waals surface area contributed by atoms with Crippen LogP contribution in [0.15, 0.2) is 27.7 Å². The number of hydrogen-bond acceptors (Lipinski definition) is 3. The van der Waals surface area contributed by atoms with E-state index >= 15 is 0 Å². The van der Waals surface area contributed by atoms with Gasteiger partial charge in [-0.2, -0.15) is 0 Å². The fourth-order valence-electron chi connectivity index (χ4n) is 2.67. The van der Waals surface area contributed by atoms with E-state index in [0.717, 1.165) is 41.0 Å². The first-order chi connectivity index (χ1) is 10.7. The molecule has 2 heterocycles. The van der Waals surface area contributed by atoms with Gasteiger partial charge in [0.15, 0.2) is 5.96 Å². The number of morpholine rings is 1. The van der Waals surface area contributed by atoms with Crippen molar-refractivity contribution in [1.29, 1.82) is 0 Å². The van der Waals surface area contributed by atoms with E-state index in [4.69, 9.17) is 10.5 Å². The number of ether oxygens (including phenoxy) is 1. The van der Waals surface area contributed by atoms with Gasteiger partial charge in [-0.05, 0) is 25.1 Å². The number of rotatable bonds is 3. The van der Waals surface area contributed by atoms with Crippen molar-refractivity contribution in [2.45, 2.75) is 20.0 Å². The summed E-state index contributed by atoms with van der Waals surface area (Å²) in [7, 11) is 0. The van der Waals surface area contributed by atoms with Gasteiger partial charge < -0.3 is 19.9 Å². The van der Waals surface area contributed by atoms with E-state index in [2.05, 4.69) is 48.4 Å². The van der Waals surface area contributed by atoms with E-state index in [1.165, 1.54) is 0 Å². The van der Waals surface area contributed by atoms with Crippen LogP contribution in [0.5, 0.6) is 0 Å². The number of aromatic nitrogens is 2. The predicted molar refractivity (Wildman–Crippen MR) is 90.8 cm³/mol. The normalized spacial score (nSPS) is 16.5. The second-order valence-corrected chi connectivity index (χ2v) is 6.09. The Bertz CT molecular complexity index is 691. The molecule has 0 aliphatic carbocycles. The predicted octanol–water partition coefficient (Wildman–Crippen LogP) is 1.97. The summed E-state index contributed by atoms with van der Waals surface area (Å²) in [5.74, 6) is 1.51. The Hall–Kier alpha value is -1.60. The lowest BCUT2D eigenvalue weighted by atomic mass is 10.3. The van der Waals surface area contributed by atoms with Crippen molar-refractivity contribution < 1.29 is 4.74 Å². The minimum absolute atomic E-state index is 0.489. The molecule has 2 N–H and O–H groups in total. The van der Waals surface area contributed by atoms with Crippen molar-refractivity contribution in [1.82, 2.24) is 14.5 Å². The molecule has 0 saturated carbocycles. The average molecular weight is 366 g/mol. The number of imidazole rings is 1. The Morgan fingerprint density at radius 3 is 2.91 bits per heavy atom. The van der Waals surface area contributed by atoms with Crippen molar-refractivity contribution in [3.63, 3.8) is 0 Å². The second-order valence-electron chi connectivity index (χ2n) is 5.18. The molecule has 0 bridgehead atoms. The lowest BCUT2D eigenvalue weighted by Crippen LogP contribution is -2.44. The topological polar surface area (TPSA) is 68.7 Å². The summed E-state index contributed by atoms with van der Waals surface area (Å²) >= 11 is 3.49. The zero-order valence-corrected chi connectivity index (χ0v) is 14.2. The second kappa shape index (κ2) is 6.66. The number of hydrogen-bond donors (Lipinski definition) is 1. The molecule has 1 aliphatic rings. The molecule has 0 spiro atoms. The molecule has 1 aromatic carbocycles. The van der Waals surface area contributed by atoms with Crippen molar-refractivity contribution in [3.8, 4) is 0 Å². The zero-order valence-electron chi connectivity index (χ0n) is 12.6. The summed E-state index contributed by atoms with van der Waals surface area (Å²) < 4.78 is 8.54. The fourth-order valence-corrected chi connectivity index (χ4v) is 3.02. The van der Waals surface area contributed by atoms with Gasteiger partial charge in [0, 0.05) is 24.1 Å². The molecule has 2 aromatic rings. The molecule has 118 valence electrons. The molecular formula is C15H20BrN5O. The third kappa shape index (κ3) is 3.10. The Kier molecular flexibility index (Phi) is 4.63. The van der Waals surface area contributed by atoms with Crippen LogP contribution in [0.3, 0.4) is 0 Å². The Labute approximate surface area is 138 Å². The van der Waals surface area contributed by atoms with Crippen LogP contribution < -0.4 is 5.73 Å². The third-order valence-electron chi connectivity index (χ3n) is 3.82. The van der Waals surface area contributed by atoms with E-state index in [1.807, 2.05) is 12.1 Å². The smallest absolute Gasteiger partial charge is 0.191 e. The maximum Gasteiger partial charge on any atom is 0.191 e. The van der Waals surface area contributed by atoms with E-state index in [-0.39, 0.29) is 0 Å². The van der Waals surface area contributed by atoms with Gasteiger partial charge in [-0.25, -0.2) is 9.98 Å². The molecule has 3 rings (SSSR count). The van der Waals surface area contributed by atoms with Crippen molar-refractivity contribution in [2.75, 3.05) is 26.3 Å². The minimum Gasteiger partial charge on any atom is -0.378 e. The molecule has 0 atom stereocenters. The van der Waals surface area contributed by atoms with Gasteiger partial charge in [0.05, 0.1) is 24.2 Å². The van der Waals surface area contributed by atoms with E-state index in [0.29, 0.717) is 25.7 Å². The zero-order chi connectivity index (χ0) is 15.5. The molecule has 6 nitrogen and oxygen atoms in total. The van der Waals surface area contributed by atoms with Crippen LogP contribution in [0, 0.1) is 0 Å². The number of benzene rings is 1. The molecule has 7 heteroatoms. The van der Waals surface area contributed by atoms with E-state index in [1.54, 1.807) is 0 Å². The Morgan fingerprint density at radius 1 is 1.41 bits per heavy atom. The van der Waals surface area contributed by atoms with Gasteiger partial charge in [0.1, 0.15) is 12.4 Å². The lowest BCUT2D eigenvalue weighted by molar-refractivity contribution is 0.0674. The van der Waals surface area contributed by atoms with Gasteiger partial charge in [-0.1, -0.05) is 15.9 Å². The average Bonchev–Trinajstić information content (AvgIpc) is 2.89. The molecule has 0 radical (unpaired) electrons. The Morgan fingerprint density at radius 2 is 2.18 bits per heavy atom. The maximum absolute atomic E-state index is 6.08. The van der Waals surface area contributed by atoms with Crippen LogP contribution in [0.4, 0.5) is 0 Å². The van der Waals surface area contributed by atoms with Crippen molar-refractivity contribution in [3.05, 3.63) is 28.5 Å². The van der Waals surface area contributed by atoms with Crippen LogP contribution in [-0.4, -0.2) is 46.7 Å². The van der Waals surface area contributed by atoms with E-state index < -0.39 is 0 Å². The van der Waals surface area contributed by atoms with Crippen molar-refractivity contribution >= 4 is 32.9 Å². The van der Waals surface area contributed by atoms with Crippen LogP contribution in [-0.2, 0) is 17.8 Å². The van der Waals surface area contributed by atoms with Gasteiger partial charge in [0.25, 0.3) is 0 Å². The SMILES string of the molecule is CCn1c(CN=C(N)N2CCOCC2)nc2cc(Br)ccc21. The number of aliphatic imine (C=N–C) groups is 1. The largest absolute Gasteiger partial charge is 0.378 e. The highest BCUT2D eigenvalue weighted by Gasteiger charge is 2.13. The number of fused-ring (bicyclic) bond motifs is 1. The molecule has 1 aliphatic heterocycles. The highest BCUT2D eigenvalue weighted by molar-refractivity contribution is 9.10. The summed E-state index contributed by atoms with van der Waals surface area (Å²) in [6.07, 6.45) is 0. The molecule has 22 heavy (non-hydrogen) atoms. The number of guanidine groups is 1. The van der Waals surface area contributed by atoms with Crippen LogP contribution >= 0.6 is 15.9 Å². The highest BCUT2D eigenvalue weighted by atomic mass is 79.9. The molecule has 1 saturated heterocycles. The summed E-state index contributed by atoms with van der Waals surface area (Å²) in [6.45, 7) is 6.47. The summed E-state index contributed by atoms with van der Waals surface area (Å²) in [6, 6.07) is 6.14. The molecular weight excluding hydrogens is 346 g/mol. The number of nitrogens with two attached hydrogens (primary N) is 1. The number of nitrogens with zero attached hydrogens (tertiary/aromatic N) is 4. The standard InChI is InChI=1S/C15H20BrN5O/c1-2-21-13-4-3-11(16)9-12(13)19-14(21)10-18-15(17)20-5-7-22-8-6-20/h3-4,9H,2,5-8,10H2,1H3,(H2,17,18).